The summed E-state index contributed by atoms with van der Waals surface area (Å²) in [4.78, 5) is 10.7. The van der Waals surface area contributed by atoms with Gasteiger partial charge in [-0.3, -0.25) is 4.79 Å². The van der Waals surface area contributed by atoms with Gasteiger partial charge in [0.2, 0.25) is 5.91 Å². The SMILES string of the molecule is CCCCCCC(CCCCCCCCCCC(N)=O)c1ccc(O)cc1. The summed E-state index contributed by atoms with van der Waals surface area (Å²) in [6.45, 7) is 2.26. The minimum Gasteiger partial charge on any atom is -0.508 e. The van der Waals surface area contributed by atoms with Gasteiger partial charge in [-0.15, -0.1) is 0 Å². The molecule has 1 amide bonds. The van der Waals surface area contributed by atoms with Crippen LogP contribution < -0.4 is 5.73 Å². The molecule has 0 spiro atoms. The molecule has 3 N–H and O–H groups in total. The van der Waals surface area contributed by atoms with Crippen LogP contribution in [0, 0.1) is 0 Å². The number of unbranched alkanes of at least 4 members (excludes halogenated alkanes) is 10. The molecule has 3 heteroatoms. The number of amides is 1. The van der Waals surface area contributed by atoms with Gasteiger partial charge in [-0.05, 0) is 42.9 Å². The van der Waals surface area contributed by atoms with E-state index >= 15 is 0 Å². The lowest BCUT2D eigenvalue weighted by Gasteiger charge is -2.17. The predicted molar refractivity (Wildman–Crippen MR) is 115 cm³/mol. The number of phenols is 1. The van der Waals surface area contributed by atoms with Crippen LogP contribution in [0.15, 0.2) is 24.3 Å². The predicted octanol–water partition coefficient (Wildman–Crippen LogP) is 6.83. The first-order chi connectivity index (χ1) is 13.1. The lowest BCUT2D eigenvalue weighted by molar-refractivity contribution is -0.118. The number of hydrogen-bond acceptors (Lipinski definition) is 2. The summed E-state index contributed by atoms with van der Waals surface area (Å²) in [5.41, 5.74) is 6.54. The van der Waals surface area contributed by atoms with E-state index in [1.165, 1.54) is 82.6 Å². The van der Waals surface area contributed by atoms with Gasteiger partial charge in [-0.1, -0.05) is 89.7 Å². The third-order valence-electron chi connectivity index (χ3n) is 5.50. The van der Waals surface area contributed by atoms with Gasteiger partial charge in [0.15, 0.2) is 0 Å². The van der Waals surface area contributed by atoms with Gasteiger partial charge >= 0.3 is 0 Å². The Hall–Kier alpha value is -1.51. The van der Waals surface area contributed by atoms with Gasteiger partial charge in [-0.25, -0.2) is 0 Å². The van der Waals surface area contributed by atoms with Crippen molar-refractivity contribution in [2.75, 3.05) is 0 Å². The van der Waals surface area contributed by atoms with Gasteiger partial charge in [0, 0.05) is 6.42 Å². The molecule has 0 aliphatic heterocycles. The number of rotatable bonds is 17. The van der Waals surface area contributed by atoms with E-state index in [0.29, 0.717) is 18.1 Å². The number of hydrogen-bond donors (Lipinski definition) is 2. The Morgan fingerprint density at radius 2 is 1.30 bits per heavy atom. The molecule has 0 radical (unpaired) electrons. The normalized spacial score (nSPS) is 12.2. The second kappa shape index (κ2) is 15.5. The zero-order valence-corrected chi connectivity index (χ0v) is 17.4. The fourth-order valence-electron chi connectivity index (χ4n) is 3.79. The van der Waals surface area contributed by atoms with Gasteiger partial charge in [0.05, 0.1) is 0 Å². The van der Waals surface area contributed by atoms with Crippen molar-refractivity contribution in [1.82, 2.24) is 0 Å². The largest absolute Gasteiger partial charge is 0.508 e. The van der Waals surface area contributed by atoms with E-state index in [9.17, 15) is 9.90 Å². The Labute approximate surface area is 166 Å². The van der Waals surface area contributed by atoms with E-state index in [0.717, 1.165) is 12.8 Å². The van der Waals surface area contributed by atoms with Crippen LogP contribution in [0.5, 0.6) is 5.75 Å². The Balaban J connectivity index is 2.19. The molecule has 154 valence electrons. The number of benzene rings is 1. The Kier molecular flexibility index (Phi) is 13.5. The molecule has 1 unspecified atom stereocenters. The Morgan fingerprint density at radius 1 is 0.815 bits per heavy atom. The van der Waals surface area contributed by atoms with Crippen molar-refractivity contribution in [3.8, 4) is 5.75 Å². The molecule has 27 heavy (non-hydrogen) atoms. The molecule has 1 rings (SSSR count). The monoisotopic (exact) mass is 375 g/mol. The van der Waals surface area contributed by atoms with Crippen LogP contribution in [-0.4, -0.2) is 11.0 Å². The summed E-state index contributed by atoms with van der Waals surface area (Å²) in [7, 11) is 0. The Morgan fingerprint density at radius 3 is 1.81 bits per heavy atom. The molecule has 1 aromatic carbocycles. The summed E-state index contributed by atoms with van der Waals surface area (Å²) in [6.07, 6.45) is 18.1. The smallest absolute Gasteiger partial charge is 0.217 e. The highest BCUT2D eigenvalue weighted by Crippen LogP contribution is 2.29. The van der Waals surface area contributed by atoms with Crippen molar-refractivity contribution >= 4 is 5.91 Å². The average molecular weight is 376 g/mol. The van der Waals surface area contributed by atoms with Gasteiger partial charge in [0.25, 0.3) is 0 Å². The minimum atomic E-state index is -0.173. The average Bonchev–Trinajstić information content (AvgIpc) is 2.65. The number of aromatic hydroxyl groups is 1. The molecule has 0 aromatic heterocycles. The van der Waals surface area contributed by atoms with Crippen LogP contribution in [0.4, 0.5) is 0 Å². The van der Waals surface area contributed by atoms with Crippen LogP contribution >= 0.6 is 0 Å². The maximum atomic E-state index is 10.7. The highest BCUT2D eigenvalue weighted by atomic mass is 16.3. The molecule has 0 bridgehead atoms. The molecular weight excluding hydrogens is 334 g/mol. The molecule has 1 aromatic rings. The molecule has 0 saturated carbocycles. The first-order valence-corrected chi connectivity index (χ1v) is 11.2. The summed E-state index contributed by atoms with van der Waals surface area (Å²) in [6, 6.07) is 7.86. The van der Waals surface area contributed by atoms with E-state index in [1.54, 1.807) is 0 Å². The van der Waals surface area contributed by atoms with Crippen molar-refractivity contribution in [2.45, 2.75) is 109 Å². The first-order valence-electron chi connectivity index (χ1n) is 11.2. The van der Waals surface area contributed by atoms with Crippen molar-refractivity contribution in [2.24, 2.45) is 5.73 Å². The van der Waals surface area contributed by atoms with Crippen LogP contribution in [0.2, 0.25) is 0 Å². The van der Waals surface area contributed by atoms with Crippen molar-refractivity contribution < 1.29 is 9.90 Å². The van der Waals surface area contributed by atoms with E-state index in [1.807, 2.05) is 12.1 Å². The molecule has 3 nitrogen and oxygen atoms in total. The maximum Gasteiger partial charge on any atom is 0.217 e. The number of phenolic OH excluding ortho intramolecular Hbond substituents is 1. The summed E-state index contributed by atoms with van der Waals surface area (Å²) < 4.78 is 0. The van der Waals surface area contributed by atoms with E-state index in [-0.39, 0.29) is 5.91 Å². The second-order valence-electron chi connectivity index (χ2n) is 7.97. The fraction of sp³-hybridized carbons (Fsp3) is 0.708. The summed E-state index contributed by atoms with van der Waals surface area (Å²) in [5, 5.41) is 9.54. The molecule has 0 fully saturated rings. The highest BCUT2D eigenvalue weighted by Gasteiger charge is 2.11. The van der Waals surface area contributed by atoms with Crippen molar-refractivity contribution in [1.29, 1.82) is 0 Å². The maximum absolute atomic E-state index is 10.7. The Bertz CT molecular complexity index is 484. The molecule has 0 aliphatic rings. The van der Waals surface area contributed by atoms with Crippen LogP contribution in [0.3, 0.4) is 0 Å². The molecule has 0 aliphatic carbocycles. The lowest BCUT2D eigenvalue weighted by atomic mass is 9.88. The standard InChI is InChI=1S/C24H41NO2/c1-2-3-4-11-14-21(22-17-19-23(26)20-18-22)15-12-9-7-5-6-8-10-13-16-24(25)27/h17-21,26H,2-16H2,1H3,(H2,25,27). The van der Waals surface area contributed by atoms with E-state index in [2.05, 4.69) is 19.1 Å². The van der Waals surface area contributed by atoms with Crippen molar-refractivity contribution in [3.63, 3.8) is 0 Å². The van der Waals surface area contributed by atoms with Crippen LogP contribution in [-0.2, 0) is 4.79 Å². The molecule has 1 atom stereocenters. The fourth-order valence-corrected chi connectivity index (χ4v) is 3.79. The summed E-state index contributed by atoms with van der Waals surface area (Å²) >= 11 is 0. The number of primary amides is 1. The number of nitrogens with two attached hydrogens (primary N) is 1. The van der Waals surface area contributed by atoms with Gasteiger partial charge in [-0.2, -0.15) is 0 Å². The molecular formula is C24H41NO2. The van der Waals surface area contributed by atoms with Crippen molar-refractivity contribution in [3.05, 3.63) is 29.8 Å². The second-order valence-corrected chi connectivity index (χ2v) is 7.97. The zero-order chi connectivity index (χ0) is 19.7. The molecule has 0 saturated heterocycles. The quantitative estimate of drug-likeness (QED) is 0.293. The highest BCUT2D eigenvalue weighted by molar-refractivity contribution is 5.73. The molecule has 0 heterocycles. The van der Waals surface area contributed by atoms with Gasteiger partial charge < -0.3 is 10.8 Å². The van der Waals surface area contributed by atoms with Crippen LogP contribution in [0.1, 0.15) is 115 Å². The van der Waals surface area contributed by atoms with Gasteiger partial charge in [0.1, 0.15) is 5.75 Å². The van der Waals surface area contributed by atoms with E-state index < -0.39 is 0 Å². The third-order valence-corrected chi connectivity index (χ3v) is 5.50. The lowest BCUT2D eigenvalue weighted by Crippen LogP contribution is -2.09. The number of carbonyl (C=O) groups is 1. The number of carbonyl (C=O) groups excluding carboxylic acids is 1. The first kappa shape index (κ1) is 23.5. The van der Waals surface area contributed by atoms with E-state index in [4.69, 9.17) is 5.73 Å². The minimum absolute atomic E-state index is 0.173. The topological polar surface area (TPSA) is 63.3 Å². The summed E-state index contributed by atoms with van der Waals surface area (Å²) in [5.74, 6) is 0.823. The van der Waals surface area contributed by atoms with Crippen LogP contribution in [0.25, 0.3) is 0 Å². The zero-order valence-electron chi connectivity index (χ0n) is 17.4. The third kappa shape index (κ3) is 12.5.